The van der Waals surface area contributed by atoms with Crippen LogP contribution in [0.1, 0.15) is 36.8 Å². The van der Waals surface area contributed by atoms with Crippen molar-refractivity contribution in [2.45, 2.75) is 39.7 Å². The molecule has 2 heterocycles. The Bertz CT molecular complexity index is 764. The first-order valence-corrected chi connectivity index (χ1v) is 9.24. The molecule has 0 saturated heterocycles. The van der Waals surface area contributed by atoms with E-state index in [-0.39, 0.29) is 0 Å². The third-order valence-electron chi connectivity index (χ3n) is 4.23. The van der Waals surface area contributed by atoms with E-state index >= 15 is 0 Å². The monoisotopic (exact) mass is 367 g/mol. The molecule has 0 aromatic carbocycles. The van der Waals surface area contributed by atoms with Crippen LogP contribution in [0.15, 0.2) is 61.0 Å². The number of hydrogen-bond donors (Lipinski definition) is 1. The molecule has 6 heteroatoms. The van der Waals surface area contributed by atoms with Crippen molar-refractivity contribution in [3.63, 3.8) is 0 Å². The molecule has 0 unspecified atom stereocenters. The average Bonchev–Trinajstić information content (AvgIpc) is 3.03. The summed E-state index contributed by atoms with van der Waals surface area (Å²) >= 11 is 0. The molecule has 0 atom stereocenters. The van der Waals surface area contributed by atoms with Crippen molar-refractivity contribution in [1.82, 2.24) is 19.9 Å². The SMILES string of the molecule is C=CN=C(C)c1ncn(CCCCOC(=C)NCCc2ccccn2)c1C. The number of aromatic nitrogens is 3. The maximum atomic E-state index is 5.64. The molecule has 0 saturated carbocycles. The summed E-state index contributed by atoms with van der Waals surface area (Å²) in [7, 11) is 0. The highest BCUT2D eigenvalue weighted by molar-refractivity contribution is 5.98. The maximum absolute atomic E-state index is 5.64. The summed E-state index contributed by atoms with van der Waals surface area (Å²) < 4.78 is 7.79. The number of nitrogens with one attached hydrogen (secondary N) is 1. The summed E-state index contributed by atoms with van der Waals surface area (Å²) in [5, 5.41) is 3.18. The van der Waals surface area contributed by atoms with E-state index in [1.165, 1.54) is 0 Å². The standard InChI is InChI=1S/C21H29N5O/c1-5-22-17(2)21-18(3)26(16-25-21)14-8-9-15-27-19(4)23-13-11-20-10-6-7-12-24-20/h5-7,10,12,16,23H,1,4,8-9,11,13-15H2,2-3H3. The van der Waals surface area contributed by atoms with Gasteiger partial charge in [0, 0.05) is 43.3 Å². The molecular formula is C21H29N5O. The van der Waals surface area contributed by atoms with Gasteiger partial charge < -0.3 is 14.6 Å². The highest BCUT2D eigenvalue weighted by atomic mass is 16.5. The number of aliphatic imine (C=N–C) groups is 1. The molecule has 0 aliphatic carbocycles. The third-order valence-corrected chi connectivity index (χ3v) is 4.23. The zero-order valence-corrected chi connectivity index (χ0v) is 16.3. The second kappa shape index (κ2) is 11.0. The Labute approximate surface area is 161 Å². The lowest BCUT2D eigenvalue weighted by Gasteiger charge is -2.11. The van der Waals surface area contributed by atoms with Crippen LogP contribution in [0, 0.1) is 6.92 Å². The van der Waals surface area contributed by atoms with E-state index in [0.29, 0.717) is 12.5 Å². The van der Waals surface area contributed by atoms with Crippen molar-refractivity contribution in [3.8, 4) is 0 Å². The van der Waals surface area contributed by atoms with Crippen LogP contribution >= 0.6 is 0 Å². The van der Waals surface area contributed by atoms with Crippen LogP contribution in [0.4, 0.5) is 0 Å². The van der Waals surface area contributed by atoms with Crippen LogP contribution in [0.5, 0.6) is 0 Å². The lowest BCUT2D eigenvalue weighted by Crippen LogP contribution is -2.18. The highest BCUT2D eigenvalue weighted by Crippen LogP contribution is 2.09. The Balaban J connectivity index is 1.61. The number of imidazole rings is 1. The smallest absolute Gasteiger partial charge is 0.179 e. The van der Waals surface area contributed by atoms with Gasteiger partial charge in [0.25, 0.3) is 0 Å². The molecule has 0 radical (unpaired) electrons. The zero-order chi connectivity index (χ0) is 19.5. The van der Waals surface area contributed by atoms with Gasteiger partial charge in [0.15, 0.2) is 5.88 Å². The Morgan fingerprint density at radius 2 is 2.19 bits per heavy atom. The molecule has 2 aromatic rings. The van der Waals surface area contributed by atoms with Crippen molar-refractivity contribution in [2.24, 2.45) is 4.99 Å². The number of rotatable bonds is 12. The van der Waals surface area contributed by atoms with Gasteiger partial charge in [0.1, 0.15) is 5.69 Å². The largest absolute Gasteiger partial charge is 0.480 e. The van der Waals surface area contributed by atoms with Crippen molar-refractivity contribution in [3.05, 3.63) is 73.0 Å². The van der Waals surface area contributed by atoms with Crippen LogP contribution in [-0.2, 0) is 17.7 Å². The number of ether oxygens (including phenoxy) is 1. The second-order valence-corrected chi connectivity index (χ2v) is 6.25. The molecule has 0 fully saturated rings. The Kier molecular flexibility index (Phi) is 8.29. The van der Waals surface area contributed by atoms with Crippen molar-refractivity contribution in [2.75, 3.05) is 13.2 Å². The zero-order valence-electron chi connectivity index (χ0n) is 16.3. The van der Waals surface area contributed by atoms with E-state index in [1.54, 1.807) is 12.4 Å². The number of nitrogens with zero attached hydrogens (tertiary/aromatic N) is 4. The molecule has 0 bridgehead atoms. The topological polar surface area (TPSA) is 64.3 Å². The molecule has 0 spiro atoms. The first kappa shape index (κ1) is 20.4. The van der Waals surface area contributed by atoms with Gasteiger partial charge in [0.2, 0.25) is 0 Å². The van der Waals surface area contributed by atoms with Gasteiger partial charge in [-0.1, -0.05) is 12.6 Å². The van der Waals surface area contributed by atoms with Crippen LogP contribution < -0.4 is 5.32 Å². The average molecular weight is 367 g/mol. The minimum atomic E-state index is 0.614. The molecule has 0 aliphatic rings. The quantitative estimate of drug-likeness (QED) is 0.353. The van der Waals surface area contributed by atoms with Crippen molar-refractivity contribution >= 4 is 5.71 Å². The summed E-state index contributed by atoms with van der Waals surface area (Å²) in [6, 6.07) is 5.92. The lowest BCUT2D eigenvalue weighted by molar-refractivity contribution is 0.186. The first-order chi connectivity index (χ1) is 13.1. The van der Waals surface area contributed by atoms with Crippen LogP contribution in [0.25, 0.3) is 0 Å². The van der Waals surface area contributed by atoms with Gasteiger partial charge >= 0.3 is 0 Å². The molecule has 27 heavy (non-hydrogen) atoms. The Morgan fingerprint density at radius 1 is 1.33 bits per heavy atom. The fourth-order valence-electron chi connectivity index (χ4n) is 2.73. The van der Waals surface area contributed by atoms with Gasteiger partial charge in [0.05, 0.1) is 18.6 Å². The summed E-state index contributed by atoms with van der Waals surface area (Å²) in [5.41, 5.74) is 4.00. The van der Waals surface area contributed by atoms with Gasteiger partial charge in [-0.25, -0.2) is 4.98 Å². The number of unbranched alkanes of at least 4 members (excludes halogenated alkanes) is 1. The normalized spacial score (nSPS) is 11.3. The molecule has 0 aliphatic heterocycles. The maximum Gasteiger partial charge on any atom is 0.179 e. The van der Waals surface area contributed by atoms with E-state index in [4.69, 9.17) is 4.74 Å². The highest BCUT2D eigenvalue weighted by Gasteiger charge is 2.08. The van der Waals surface area contributed by atoms with E-state index < -0.39 is 0 Å². The van der Waals surface area contributed by atoms with Gasteiger partial charge in [-0.15, -0.1) is 0 Å². The Morgan fingerprint density at radius 3 is 2.93 bits per heavy atom. The molecule has 1 N–H and O–H groups in total. The molecule has 2 rings (SSSR count). The minimum absolute atomic E-state index is 0.614. The predicted molar refractivity (Wildman–Crippen MR) is 110 cm³/mol. The van der Waals surface area contributed by atoms with Gasteiger partial charge in [-0.2, -0.15) is 0 Å². The second-order valence-electron chi connectivity index (χ2n) is 6.25. The van der Waals surface area contributed by atoms with Crippen LogP contribution in [-0.4, -0.2) is 33.4 Å². The molecule has 0 amide bonds. The van der Waals surface area contributed by atoms with Crippen LogP contribution in [0.3, 0.4) is 0 Å². The third kappa shape index (κ3) is 6.73. The molecular weight excluding hydrogens is 338 g/mol. The van der Waals surface area contributed by atoms with E-state index in [1.807, 2.05) is 31.5 Å². The number of hydrogen-bond acceptors (Lipinski definition) is 5. The summed E-state index contributed by atoms with van der Waals surface area (Å²) in [6.45, 7) is 13.9. The van der Waals surface area contributed by atoms with E-state index in [0.717, 1.165) is 55.1 Å². The van der Waals surface area contributed by atoms with Crippen molar-refractivity contribution < 1.29 is 4.74 Å². The number of aryl methyl sites for hydroxylation is 1. The van der Waals surface area contributed by atoms with E-state index in [9.17, 15) is 0 Å². The van der Waals surface area contributed by atoms with E-state index in [2.05, 4.69) is 44.9 Å². The fraction of sp³-hybridized carbons (Fsp3) is 0.381. The molecule has 6 nitrogen and oxygen atoms in total. The van der Waals surface area contributed by atoms with Gasteiger partial charge in [-0.3, -0.25) is 9.98 Å². The molecule has 2 aromatic heterocycles. The Hall–Kier alpha value is -2.89. The summed E-state index contributed by atoms with van der Waals surface area (Å²) in [6.07, 6.45) is 8.02. The molecule has 144 valence electrons. The van der Waals surface area contributed by atoms with Crippen LogP contribution in [0.2, 0.25) is 0 Å². The van der Waals surface area contributed by atoms with Gasteiger partial charge in [-0.05, 0) is 45.4 Å². The lowest BCUT2D eigenvalue weighted by atomic mass is 10.2. The fourth-order valence-corrected chi connectivity index (χ4v) is 2.73. The summed E-state index contributed by atoms with van der Waals surface area (Å²) in [5.74, 6) is 0.614. The van der Waals surface area contributed by atoms with Crippen molar-refractivity contribution in [1.29, 1.82) is 0 Å². The number of pyridine rings is 1. The predicted octanol–water partition coefficient (Wildman–Crippen LogP) is 3.64. The minimum Gasteiger partial charge on any atom is -0.480 e. The first-order valence-electron chi connectivity index (χ1n) is 9.24. The summed E-state index contributed by atoms with van der Waals surface area (Å²) in [4.78, 5) is 12.9.